The number of carbonyl (C=O) groups is 2. The fourth-order valence-electron chi connectivity index (χ4n) is 2.32. The van der Waals surface area contributed by atoms with Crippen LogP contribution in [0.5, 0.6) is 0 Å². The highest BCUT2D eigenvalue weighted by Crippen LogP contribution is 2.19. The van der Waals surface area contributed by atoms with Crippen LogP contribution in [0, 0.1) is 3.57 Å². The Morgan fingerprint density at radius 1 is 1.24 bits per heavy atom. The van der Waals surface area contributed by atoms with E-state index in [0.29, 0.717) is 23.6 Å². The van der Waals surface area contributed by atoms with Gasteiger partial charge in [0.15, 0.2) is 0 Å². The second kappa shape index (κ2) is 7.98. The molecule has 1 aromatic rings. The number of piperidine rings is 1. The van der Waals surface area contributed by atoms with Crippen molar-refractivity contribution in [1.29, 1.82) is 0 Å². The van der Waals surface area contributed by atoms with Crippen LogP contribution in [0.4, 0.5) is 0 Å². The number of benzene rings is 1. The molecular weight excluding hydrogens is 403 g/mol. The molecule has 0 aliphatic carbocycles. The van der Waals surface area contributed by atoms with Gasteiger partial charge in [-0.25, -0.2) is 0 Å². The Morgan fingerprint density at radius 3 is 2.62 bits per heavy atom. The van der Waals surface area contributed by atoms with Crippen molar-refractivity contribution >= 4 is 46.0 Å². The standard InChI is InChI=1S/C15H18ClIN2O2/c16-12-10-11(4-5-13(12)17)15(21)18-7-6-14(20)19-8-2-1-3-9-19/h4-5,10H,1-3,6-9H2,(H,18,21). The van der Waals surface area contributed by atoms with Crippen molar-refractivity contribution in [1.82, 2.24) is 10.2 Å². The van der Waals surface area contributed by atoms with Gasteiger partial charge < -0.3 is 10.2 Å². The lowest BCUT2D eigenvalue weighted by molar-refractivity contribution is -0.131. The monoisotopic (exact) mass is 420 g/mol. The van der Waals surface area contributed by atoms with E-state index < -0.39 is 0 Å². The summed E-state index contributed by atoms with van der Waals surface area (Å²) in [7, 11) is 0. The number of nitrogens with one attached hydrogen (secondary N) is 1. The Balaban J connectivity index is 1.78. The minimum Gasteiger partial charge on any atom is -0.352 e. The summed E-state index contributed by atoms with van der Waals surface area (Å²) in [6, 6.07) is 5.18. The quantitative estimate of drug-likeness (QED) is 0.761. The summed E-state index contributed by atoms with van der Waals surface area (Å²) < 4.78 is 0.908. The average molecular weight is 421 g/mol. The van der Waals surface area contributed by atoms with E-state index in [-0.39, 0.29) is 11.8 Å². The first-order valence-electron chi connectivity index (χ1n) is 7.09. The lowest BCUT2D eigenvalue weighted by atomic mass is 10.1. The van der Waals surface area contributed by atoms with Gasteiger partial charge in [0.1, 0.15) is 0 Å². The summed E-state index contributed by atoms with van der Waals surface area (Å²) in [5.74, 6) is -0.0737. The van der Waals surface area contributed by atoms with Gasteiger partial charge in [0.25, 0.3) is 5.91 Å². The van der Waals surface area contributed by atoms with Gasteiger partial charge in [0.05, 0.1) is 5.02 Å². The summed E-state index contributed by atoms with van der Waals surface area (Å²) in [4.78, 5) is 25.8. The van der Waals surface area contributed by atoms with E-state index in [2.05, 4.69) is 27.9 Å². The van der Waals surface area contributed by atoms with Crippen molar-refractivity contribution in [2.75, 3.05) is 19.6 Å². The SMILES string of the molecule is O=C(NCCC(=O)N1CCCCC1)c1ccc(I)c(Cl)c1. The molecule has 21 heavy (non-hydrogen) atoms. The van der Waals surface area contributed by atoms with Crippen LogP contribution in [0.1, 0.15) is 36.0 Å². The van der Waals surface area contributed by atoms with Gasteiger partial charge in [-0.3, -0.25) is 9.59 Å². The molecule has 2 rings (SSSR count). The van der Waals surface area contributed by atoms with Crippen LogP contribution in [0.3, 0.4) is 0 Å². The first-order chi connectivity index (χ1) is 10.1. The molecule has 1 N–H and O–H groups in total. The first-order valence-corrected chi connectivity index (χ1v) is 8.54. The molecule has 0 aromatic heterocycles. The summed E-state index contributed by atoms with van der Waals surface area (Å²) in [6.07, 6.45) is 3.72. The zero-order chi connectivity index (χ0) is 15.2. The molecule has 1 aliphatic rings. The highest BCUT2D eigenvalue weighted by Gasteiger charge is 2.16. The lowest BCUT2D eigenvalue weighted by Crippen LogP contribution is -2.37. The molecule has 2 amide bonds. The van der Waals surface area contributed by atoms with E-state index in [4.69, 9.17) is 11.6 Å². The highest BCUT2D eigenvalue weighted by molar-refractivity contribution is 14.1. The number of hydrogen-bond donors (Lipinski definition) is 1. The number of nitrogens with zero attached hydrogens (tertiary/aromatic N) is 1. The summed E-state index contributed by atoms with van der Waals surface area (Å²) in [6.45, 7) is 2.05. The number of likely N-dealkylation sites (tertiary alicyclic amines) is 1. The smallest absolute Gasteiger partial charge is 0.251 e. The minimum absolute atomic E-state index is 0.121. The molecule has 1 aliphatic heterocycles. The van der Waals surface area contributed by atoms with E-state index in [1.165, 1.54) is 6.42 Å². The van der Waals surface area contributed by atoms with Crippen molar-refractivity contribution in [3.05, 3.63) is 32.4 Å². The maximum Gasteiger partial charge on any atom is 0.251 e. The fourth-order valence-corrected chi connectivity index (χ4v) is 2.84. The topological polar surface area (TPSA) is 49.4 Å². The van der Waals surface area contributed by atoms with E-state index in [0.717, 1.165) is 29.5 Å². The van der Waals surface area contributed by atoms with Gasteiger partial charge in [-0.2, -0.15) is 0 Å². The van der Waals surface area contributed by atoms with Crippen molar-refractivity contribution in [3.63, 3.8) is 0 Å². The van der Waals surface area contributed by atoms with Crippen molar-refractivity contribution in [2.45, 2.75) is 25.7 Å². The maximum atomic E-state index is 12.0. The third-order valence-electron chi connectivity index (χ3n) is 3.51. The molecule has 6 heteroatoms. The van der Waals surface area contributed by atoms with Crippen LogP contribution < -0.4 is 5.32 Å². The molecule has 0 unspecified atom stereocenters. The van der Waals surface area contributed by atoms with E-state index in [1.54, 1.807) is 18.2 Å². The summed E-state index contributed by atoms with van der Waals surface area (Å²) in [5.41, 5.74) is 0.519. The van der Waals surface area contributed by atoms with Crippen LogP contribution in [0.15, 0.2) is 18.2 Å². The predicted molar refractivity (Wildman–Crippen MR) is 91.6 cm³/mol. The Kier molecular flexibility index (Phi) is 6.29. The molecule has 0 radical (unpaired) electrons. The van der Waals surface area contributed by atoms with Crippen LogP contribution in [0.25, 0.3) is 0 Å². The third-order valence-corrected chi connectivity index (χ3v) is 5.09. The fraction of sp³-hybridized carbons (Fsp3) is 0.467. The molecular formula is C15H18ClIN2O2. The van der Waals surface area contributed by atoms with E-state index >= 15 is 0 Å². The summed E-state index contributed by atoms with van der Waals surface area (Å²) in [5, 5.41) is 3.33. The number of carbonyl (C=O) groups excluding carboxylic acids is 2. The molecule has 1 heterocycles. The Morgan fingerprint density at radius 2 is 1.95 bits per heavy atom. The number of amides is 2. The van der Waals surface area contributed by atoms with Crippen molar-refractivity contribution in [2.24, 2.45) is 0 Å². The third kappa shape index (κ3) is 4.85. The second-order valence-electron chi connectivity index (χ2n) is 5.08. The zero-order valence-electron chi connectivity index (χ0n) is 11.7. The molecule has 0 spiro atoms. The minimum atomic E-state index is -0.195. The molecule has 0 saturated carbocycles. The normalized spacial score (nSPS) is 14.9. The van der Waals surface area contributed by atoms with Gasteiger partial charge in [0, 0.05) is 35.2 Å². The van der Waals surface area contributed by atoms with Crippen molar-refractivity contribution < 1.29 is 9.59 Å². The molecule has 1 aromatic carbocycles. The molecule has 114 valence electrons. The largest absolute Gasteiger partial charge is 0.352 e. The van der Waals surface area contributed by atoms with E-state index in [1.807, 2.05) is 4.90 Å². The average Bonchev–Trinajstić information content (AvgIpc) is 2.50. The van der Waals surface area contributed by atoms with Crippen LogP contribution in [0.2, 0.25) is 5.02 Å². The van der Waals surface area contributed by atoms with E-state index in [9.17, 15) is 9.59 Å². The predicted octanol–water partition coefficient (Wildman–Crippen LogP) is 3.08. The summed E-state index contributed by atoms with van der Waals surface area (Å²) >= 11 is 8.11. The Labute approximate surface area is 143 Å². The zero-order valence-corrected chi connectivity index (χ0v) is 14.6. The number of halogens is 2. The first kappa shape index (κ1) is 16.5. The second-order valence-corrected chi connectivity index (χ2v) is 6.65. The Bertz CT molecular complexity index is 530. The van der Waals surface area contributed by atoms with Gasteiger partial charge in [-0.1, -0.05) is 11.6 Å². The van der Waals surface area contributed by atoms with Crippen LogP contribution >= 0.6 is 34.2 Å². The highest BCUT2D eigenvalue weighted by atomic mass is 127. The van der Waals surface area contributed by atoms with Gasteiger partial charge in [0.2, 0.25) is 5.91 Å². The van der Waals surface area contributed by atoms with Crippen molar-refractivity contribution in [3.8, 4) is 0 Å². The molecule has 0 atom stereocenters. The lowest BCUT2D eigenvalue weighted by Gasteiger charge is -2.26. The molecule has 1 fully saturated rings. The number of rotatable bonds is 4. The molecule has 0 bridgehead atoms. The van der Waals surface area contributed by atoms with Gasteiger partial charge >= 0.3 is 0 Å². The van der Waals surface area contributed by atoms with Crippen LogP contribution in [-0.4, -0.2) is 36.3 Å². The van der Waals surface area contributed by atoms with Gasteiger partial charge in [-0.15, -0.1) is 0 Å². The van der Waals surface area contributed by atoms with Crippen LogP contribution in [-0.2, 0) is 4.79 Å². The maximum absolute atomic E-state index is 12.0. The molecule has 4 nitrogen and oxygen atoms in total. The Hall–Kier alpha value is -0.820. The number of hydrogen-bond acceptors (Lipinski definition) is 2. The van der Waals surface area contributed by atoms with Gasteiger partial charge in [-0.05, 0) is 60.1 Å². The molecule has 1 saturated heterocycles.